The van der Waals surface area contributed by atoms with Gasteiger partial charge in [0.2, 0.25) is 0 Å². The molecule has 1 N–H and O–H groups in total. The first-order chi connectivity index (χ1) is 11.6. The van der Waals surface area contributed by atoms with Gasteiger partial charge in [0, 0.05) is 6.20 Å². The lowest BCUT2D eigenvalue weighted by Crippen LogP contribution is -2.17. The zero-order chi connectivity index (χ0) is 16.7. The number of nitrogens with one attached hydrogen (secondary N) is 1. The zero-order valence-electron chi connectivity index (χ0n) is 13.3. The van der Waals surface area contributed by atoms with Gasteiger partial charge >= 0.3 is 0 Å². The van der Waals surface area contributed by atoms with Crippen LogP contribution >= 0.6 is 0 Å². The average Bonchev–Trinajstić information content (AvgIpc) is 3.01. The molecule has 1 aromatic carbocycles. The Kier molecular flexibility index (Phi) is 3.30. The highest BCUT2D eigenvalue weighted by atomic mass is 16.5. The van der Waals surface area contributed by atoms with Crippen LogP contribution in [-0.2, 0) is 6.61 Å². The molecule has 0 bridgehead atoms. The standard InChI is InChI=1S/C18H15N3O3/c1-10-3-5-14-12(7-10)17-13(9-23-14)16(21-24-17)18(22)20-15-6-4-11(2)8-19-15/h3-8H,9H2,1-2H3,(H,19,20,22). The Morgan fingerprint density at radius 3 is 2.79 bits per heavy atom. The van der Waals surface area contributed by atoms with Crippen molar-refractivity contribution in [3.63, 3.8) is 0 Å². The molecule has 0 unspecified atom stereocenters. The molecular weight excluding hydrogens is 306 g/mol. The first-order valence-corrected chi connectivity index (χ1v) is 7.58. The molecule has 2 aromatic heterocycles. The Balaban J connectivity index is 1.67. The third-order valence-electron chi connectivity index (χ3n) is 3.91. The van der Waals surface area contributed by atoms with Crippen LogP contribution in [0.25, 0.3) is 11.3 Å². The number of carbonyl (C=O) groups is 1. The van der Waals surface area contributed by atoms with Gasteiger partial charge in [0.25, 0.3) is 5.91 Å². The number of hydrogen-bond acceptors (Lipinski definition) is 5. The van der Waals surface area contributed by atoms with Crippen LogP contribution in [0.2, 0.25) is 0 Å². The van der Waals surface area contributed by atoms with Crippen molar-refractivity contribution in [3.8, 4) is 17.1 Å². The van der Waals surface area contributed by atoms with Gasteiger partial charge < -0.3 is 14.6 Å². The summed E-state index contributed by atoms with van der Waals surface area (Å²) < 4.78 is 11.2. The first kappa shape index (κ1) is 14.4. The van der Waals surface area contributed by atoms with Crippen LogP contribution < -0.4 is 10.1 Å². The number of nitrogens with zero attached hydrogens (tertiary/aromatic N) is 2. The lowest BCUT2D eigenvalue weighted by atomic mass is 10.0. The molecule has 24 heavy (non-hydrogen) atoms. The van der Waals surface area contributed by atoms with Crippen molar-refractivity contribution in [3.05, 3.63) is 58.9 Å². The van der Waals surface area contributed by atoms with Crippen LogP contribution in [0.1, 0.15) is 27.2 Å². The molecule has 0 saturated heterocycles. The Labute approximate surface area is 138 Å². The van der Waals surface area contributed by atoms with Gasteiger partial charge in [-0.2, -0.15) is 0 Å². The fraction of sp³-hybridized carbons (Fsp3) is 0.167. The highest BCUT2D eigenvalue weighted by Gasteiger charge is 2.29. The molecule has 4 rings (SSSR count). The molecule has 0 aliphatic carbocycles. The molecule has 0 radical (unpaired) electrons. The summed E-state index contributed by atoms with van der Waals surface area (Å²) in [6.45, 7) is 4.17. The summed E-state index contributed by atoms with van der Waals surface area (Å²) in [5, 5.41) is 6.67. The Bertz CT molecular complexity index is 929. The molecule has 1 aliphatic rings. The van der Waals surface area contributed by atoms with E-state index < -0.39 is 0 Å². The average molecular weight is 321 g/mol. The molecule has 120 valence electrons. The maximum Gasteiger partial charge on any atom is 0.279 e. The second-order valence-corrected chi connectivity index (χ2v) is 5.80. The fourth-order valence-electron chi connectivity index (χ4n) is 2.65. The number of fused-ring (bicyclic) bond motifs is 3. The number of pyridine rings is 1. The van der Waals surface area contributed by atoms with Gasteiger partial charge in [0.1, 0.15) is 18.2 Å². The number of aromatic nitrogens is 2. The van der Waals surface area contributed by atoms with Gasteiger partial charge in [0.05, 0.1) is 11.1 Å². The Hall–Kier alpha value is -3.15. The van der Waals surface area contributed by atoms with Crippen LogP contribution in [-0.4, -0.2) is 16.0 Å². The number of amides is 1. The number of aryl methyl sites for hydroxylation is 2. The molecule has 1 amide bonds. The second-order valence-electron chi connectivity index (χ2n) is 5.80. The normalized spacial score (nSPS) is 12.1. The van der Waals surface area contributed by atoms with Crippen LogP contribution in [0.15, 0.2) is 41.1 Å². The van der Waals surface area contributed by atoms with E-state index >= 15 is 0 Å². The molecule has 1 aliphatic heterocycles. The monoisotopic (exact) mass is 321 g/mol. The minimum atomic E-state index is -0.365. The van der Waals surface area contributed by atoms with Crippen LogP contribution in [0, 0.1) is 13.8 Å². The largest absolute Gasteiger partial charge is 0.488 e. The minimum absolute atomic E-state index is 0.222. The van der Waals surface area contributed by atoms with Gasteiger partial charge in [-0.15, -0.1) is 0 Å². The highest BCUT2D eigenvalue weighted by Crippen LogP contribution is 2.39. The third-order valence-corrected chi connectivity index (χ3v) is 3.91. The van der Waals surface area contributed by atoms with E-state index in [1.165, 1.54) is 0 Å². The van der Waals surface area contributed by atoms with E-state index in [1.54, 1.807) is 12.3 Å². The summed E-state index contributed by atoms with van der Waals surface area (Å²) in [4.78, 5) is 16.6. The molecule has 3 heterocycles. The number of rotatable bonds is 2. The van der Waals surface area contributed by atoms with Crippen molar-refractivity contribution < 1.29 is 14.1 Å². The minimum Gasteiger partial charge on any atom is -0.488 e. The van der Waals surface area contributed by atoms with Gasteiger partial charge in [-0.05, 0) is 37.6 Å². The van der Waals surface area contributed by atoms with Crippen molar-refractivity contribution in [1.29, 1.82) is 0 Å². The van der Waals surface area contributed by atoms with Crippen molar-refractivity contribution >= 4 is 11.7 Å². The summed E-state index contributed by atoms with van der Waals surface area (Å²) in [7, 11) is 0. The predicted octanol–water partition coefficient (Wildman–Crippen LogP) is 3.50. The van der Waals surface area contributed by atoms with E-state index in [0.29, 0.717) is 17.1 Å². The lowest BCUT2D eigenvalue weighted by Gasteiger charge is -2.16. The molecular formula is C18H15N3O3. The second kappa shape index (κ2) is 5.49. The third kappa shape index (κ3) is 2.42. The van der Waals surface area contributed by atoms with Crippen molar-refractivity contribution in [1.82, 2.24) is 10.1 Å². The fourth-order valence-corrected chi connectivity index (χ4v) is 2.65. The molecule has 3 aromatic rings. The Morgan fingerprint density at radius 2 is 2.00 bits per heavy atom. The van der Waals surface area contributed by atoms with E-state index in [0.717, 1.165) is 22.4 Å². The van der Waals surface area contributed by atoms with Crippen molar-refractivity contribution in [2.24, 2.45) is 0 Å². The Morgan fingerprint density at radius 1 is 1.17 bits per heavy atom. The van der Waals surface area contributed by atoms with Crippen LogP contribution in [0.5, 0.6) is 5.75 Å². The van der Waals surface area contributed by atoms with Gasteiger partial charge in [-0.1, -0.05) is 22.9 Å². The predicted molar refractivity (Wildman–Crippen MR) is 87.9 cm³/mol. The molecule has 0 fully saturated rings. The van der Waals surface area contributed by atoms with Crippen molar-refractivity contribution in [2.45, 2.75) is 20.5 Å². The first-order valence-electron chi connectivity index (χ1n) is 7.58. The quantitative estimate of drug-likeness (QED) is 0.781. The van der Waals surface area contributed by atoms with Crippen LogP contribution in [0.4, 0.5) is 5.82 Å². The molecule has 6 heteroatoms. The van der Waals surface area contributed by atoms with Crippen LogP contribution in [0.3, 0.4) is 0 Å². The number of carbonyl (C=O) groups excluding carboxylic acids is 1. The number of ether oxygens (including phenoxy) is 1. The summed E-state index contributed by atoms with van der Waals surface area (Å²) in [5.74, 6) is 1.42. The highest BCUT2D eigenvalue weighted by molar-refractivity contribution is 6.04. The summed E-state index contributed by atoms with van der Waals surface area (Å²) in [6, 6.07) is 9.45. The number of benzene rings is 1. The topological polar surface area (TPSA) is 77.2 Å². The number of anilines is 1. The molecule has 0 spiro atoms. The van der Waals surface area contributed by atoms with E-state index in [9.17, 15) is 4.79 Å². The van der Waals surface area contributed by atoms with E-state index in [-0.39, 0.29) is 18.2 Å². The molecule has 0 saturated carbocycles. The molecule has 6 nitrogen and oxygen atoms in total. The maximum atomic E-state index is 12.5. The van der Waals surface area contributed by atoms with Gasteiger partial charge in [-0.25, -0.2) is 4.98 Å². The zero-order valence-corrected chi connectivity index (χ0v) is 13.3. The van der Waals surface area contributed by atoms with E-state index in [1.807, 2.05) is 38.1 Å². The lowest BCUT2D eigenvalue weighted by molar-refractivity contribution is 0.101. The van der Waals surface area contributed by atoms with Gasteiger partial charge in [0.15, 0.2) is 11.5 Å². The SMILES string of the molecule is Cc1ccc(NC(=O)c2noc3c2COc2ccc(C)cc2-3)nc1. The van der Waals surface area contributed by atoms with E-state index in [4.69, 9.17) is 9.26 Å². The summed E-state index contributed by atoms with van der Waals surface area (Å²) in [6.07, 6.45) is 1.69. The smallest absolute Gasteiger partial charge is 0.279 e. The molecule has 0 atom stereocenters. The van der Waals surface area contributed by atoms with Crippen molar-refractivity contribution in [2.75, 3.05) is 5.32 Å². The summed E-state index contributed by atoms with van der Waals surface area (Å²) in [5.41, 5.74) is 3.79. The summed E-state index contributed by atoms with van der Waals surface area (Å²) >= 11 is 0. The van der Waals surface area contributed by atoms with Gasteiger partial charge in [-0.3, -0.25) is 4.79 Å². The number of hydrogen-bond donors (Lipinski definition) is 1. The van der Waals surface area contributed by atoms with E-state index in [2.05, 4.69) is 15.5 Å². The maximum absolute atomic E-state index is 12.5.